The molecule has 0 aliphatic carbocycles. The molecule has 0 aliphatic heterocycles. The summed E-state index contributed by atoms with van der Waals surface area (Å²) >= 11 is 1.83. The first-order valence-electron chi connectivity index (χ1n) is 5.37. The van der Waals surface area contributed by atoms with Crippen molar-refractivity contribution in [2.75, 3.05) is 5.75 Å². The molecular weight excluding hydrogens is 204 g/mol. The molecule has 0 fully saturated rings. The molecule has 1 nitrogen and oxygen atoms in total. The number of hydrogen-bond acceptors (Lipinski definition) is 2. The Labute approximate surface area is 96.3 Å². The maximum Gasteiger partial charge on any atom is 0.130 e. The Balaban J connectivity index is 2.33. The summed E-state index contributed by atoms with van der Waals surface area (Å²) in [6.45, 7) is 3.82. The van der Waals surface area contributed by atoms with E-state index >= 15 is 0 Å². The summed E-state index contributed by atoms with van der Waals surface area (Å²) in [6.07, 6.45) is 1.78. The minimum atomic E-state index is 0.282. The second-order valence-corrected chi connectivity index (χ2v) is 4.78. The highest BCUT2D eigenvalue weighted by Gasteiger charge is 1.97. The molecule has 0 unspecified atom stereocenters. The van der Waals surface area contributed by atoms with Gasteiger partial charge in [-0.05, 0) is 24.5 Å². The van der Waals surface area contributed by atoms with Crippen molar-refractivity contribution in [3.8, 4) is 0 Å². The lowest BCUT2D eigenvalue weighted by Crippen LogP contribution is -1.92. The number of carbonyl (C=O) groups excluding carboxylic acids is 1. The van der Waals surface area contributed by atoms with Crippen LogP contribution in [0.4, 0.5) is 0 Å². The van der Waals surface area contributed by atoms with Gasteiger partial charge in [0.25, 0.3) is 0 Å². The van der Waals surface area contributed by atoms with Crippen LogP contribution >= 0.6 is 11.8 Å². The maximum absolute atomic E-state index is 10.7. The summed E-state index contributed by atoms with van der Waals surface area (Å²) in [4.78, 5) is 10.7. The molecule has 0 spiro atoms. The number of rotatable bonds is 6. The van der Waals surface area contributed by atoms with Crippen LogP contribution in [0.3, 0.4) is 0 Å². The Bertz CT molecular complexity index is 320. The second kappa shape index (κ2) is 6.67. The van der Waals surface area contributed by atoms with Crippen LogP contribution < -0.4 is 0 Å². The number of Topliss-reactive ketones (excluding diaryl/α,β-unsaturated/α-hetero) is 1. The van der Waals surface area contributed by atoms with Gasteiger partial charge in [-0.1, -0.05) is 31.2 Å². The van der Waals surface area contributed by atoms with E-state index in [1.54, 1.807) is 6.92 Å². The molecule has 1 aromatic carbocycles. The van der Waals surface area contributed by atoms with E-state index in [0.717, 1.165) is 17.9 Å². The highest BCUT2D eigenvalue weighted by Crippen LogP contribution is 2.14. The minimum absolute atomic E-state index is 0.282. The van der Waals surface area contributed by atoms with Gasteiger partial charge in [-0.25, -0.2) is 0 Å². The van der Waals surface area contributed by atoms with Gasteiger partial charge >= 0.3 is 0 Å². The highest BCUT2D eigenvalue weighted by atomic mass is 32.2. The third-order valence-corrected chi connectivity index (χ3v) is 3.30. The van der Waals surface area contributed by atoms with Crippen molar-refractivity contribution in [3.05, 3.63) is 35.4 Å². The van der Waals surface area contributed by atoms with Crippen LogP contribution in [-0.2, 0) is 17.0 Å². The number of benzene rings is 1. The number of hydrogen-bond donors (Lipinski definition) is 0. The molecule has 82 valence electrons. The van der Waals surface area contributed by atoms with E-state index in [0.29, 0.717) is 6.42 Å². The van der Waals surface area contributed by atoms with Gasteiger partial charge in [0.15, 0.2) is 0 Å². The van der Waals surface area contributed by atoms with Crippen molar-refractivity contribution < 1.29 is 4.79 Å². The van der Waals surface area contributed by atoms with Gasteiger partial charge < -0.3 is 0 Å². The van der Waals surface area contributed by atoms with Gasteiger partial charge in [0, 0.05) is 17.9 Å². The Kier molecular flexibility index (Phi) is 5.48. The van der Waals surface area contributed by atoms with E-state index in [1.165, 1.54) is 11.1 Å². The van der Waals surface area contributed by atoms with Gasteiger partial charge in [0.2, 0.25) is 0 Å². The summed E-state index contributed by atoms with van der Waals surface area (Å²) in [6, 6.07) is 8.67. The second-order valence-electron chi connectivity index (χ2n) is 3.68. The molecule has 0 atom stereocenters. The first kappa shape index (κ1) is 12.3. The fourth-order valence-electron chi connectivity index (χ4n) is 1.35. The topological polar surface area (TPSA) is 17.1 Å². The van der Waals surface area contributed by atoms with E-state index in [9.17, 15) is 4.79 Å². The van der Waals surface area contributed by atoms with Crippen LogP contribution in [0.1, 0.15) is 31.4 Å². The minimum Gasteiger partial charge on any atom is -0.300 e. The van der Waals surface area contributed by atoms with Crippen LogP contribution in [0.15, 0.2) is 24.3 Å². The Morgan fingerprint density at radius 1 is 1.33 bits per heavy atom. The van der Waals surface area contributed by atoms with Crippen molar-refractivity contribution in [1.29, 1.82) is 0 Å². The van der Waals surface area contributed by atoms with Gasteiger partial charge in [0.05, 0.1) is 0 Å². The van der Waals surface area contributed by atoms with Gasteiger partial charge in [-0.3, -0.25) is 4.79 Å². The van der Waals surface area contributed by atoms with Crippen molar-refractivity contribution >= 4 is 17.5 Å². The lowest BCUT2D eigenvalue weighted by atomic mass is 10.1. The Morgan fingerprint density at radius 2 is 2.07 bits per heavy atom. The summed E-state index contributed by atoms with van der Waals surface area (Å²) in [5.74, 6) is 2.23. The lowest BCUT2D eigenvalue weighted by molar-refractivity contribution is -0.116. The predicted molar refractivity (Wildman–Crippen MR) is 67.3 cm³/mol. The van der Waals surface area contributed by atoms with Crippen LogP contribution in [0, 0.1) is 0 Å². The normalized spacial score (nSPS) is 10.3. The molecule has 15 heavy (non-hydrogen) atoms. The van der Waals surface area contributed by atoms with Crippen LogP contribution in [0.25, 0.3) is 0 Å². The van der Waals surface area contributed by atoms with E-state index < -0.39 is 0 Å². The third-order valence-electron chi connectivity index (χ3n) is 2.27. The molecule has 0 saturated carbocycles. The molecule has 0 heterocycles. The molecule has 1 rings (SSSR count). The maximum atomic E-state index is 10.7. The summed E-state index contributed by atoms with van der Waals surface area (Å²) in [5.41, 5.74) is 2.75. The van der Waals surface area contributed by atoms with Crippen LogP contribution in [0.2, 0.25) is 0 Å². The summed E-state index contributed by atoms with van der Waals surface area (Å²) < 4.78 is 0. The number of ketones is 1. The fraction of sp³-hybridized carbons (Fsp3) is 0.462. The molecule has 0 aromatic heterocycles. The average Bonchev–Trinajstić information content (AvgIpc) is 2.24. The molecule has 0 saturated heterocycles. The predicted octanol–water partition coefficient (Wildman–Crippen LogP) is 3.46. The molecule has 0 amide bonds. The standard InChI is InChI=1S/C13H18OS/c1-3-12-5-4-6-13(9-12)10-15-8-7-11(2)14/h4-6,9H,3,7-8,10H2,1-2H3. The molecule has 0 N–H and O–H groups in total. The van der Waals surface area contributed by atoms with Gasteiger partial charge in [0.1, 0.15) is 5.78 Å². The molecule has 2 heteroatoms. The zero-order valence-corrected chi connectivity index (χ0v) is 10.3. The summed E-state index contributed by atoms with van der Waals surface area (Å²) in [7, 11) is 0. The number of carbonyl (C=O) groups is 1. The SMILES string of the molecule is CCc1cccc(CSCCC(C)=O)c1. The number of thioether (sulfide) groups is 1. The van der Waals surface area contributed by atoms with Gasteiger partial charge in [-0.2, -0.15) is 11.8 Å². The monoisotopic (exact) mass is 222 g/mol. The lowest BCUT2D eigenvalue weighted by Gasteiger charge is -2.03. The van der Waals surface area contributed by atoms with E-state index in [2.05, 4.69) is 31.2 Å². The highest BCUT2D eigenvalue weighted by molar-refractivity contribution is 7.98. The molecule has 1 aromatic rings. The number of aryl methyl sites for hydroxylation is 1. The molecule has 0 aliphatic rings. The zero-order valence-electron chi connectivity index (χ0n) is 9.45. The third kappa shape index (κ3) is 5.03. The van der Waals surface area contributed by atoms with E-state index in [-0.39, 0.29) is 5.78 Å². The van der Waals surface area contributed by atoms with Crippen molar-refractivity contribution in [1.82, 2.24) is 0 Å². The van der Waals surface area contributed by atoms with Crippen molar-refractivity contribution in [2.45, 2.75) is 32.4 Å². The van der Waals surface area contributed by atoms with Crippen molar-refractivity contribution in [3.63, 3.8) is 0 Å². The first-order valence-corrected chi connectivity index (χ1v) is 6.53. The average molecular weight is 222 g/mol. The summed E-state index contributed by atoms with van der Waals surface area (Å²) in [5, 5.41) is 0. The molecule has 0 radical (unpaired) electrons. The Morgan fingerprint density at radius 3 is 2.73 bits per heavy atom. The smallest absolute Gasteiger partial charge is 0.130 e. The van der Waals surface area contributed by atoms with E-state index in [1.807, 2.05) is 11.8 Å². The Hall–Kier alpha value is -0.760. The van der Waals surface area contributed by atoms with Crippen molar-refractivity contribution in [2.24, 2.45) is 0 Å². The first-order chi connectivity index (χ1) is 7.22. The zero-order chi connectivity index (χ0) is 11.1. The van der Waals surface area contributed by atoms with E-state index in [4.69, 9.17) is 0 Å². The van der Waals surface area contributed by atoms with Crippen LogP contribution in [-0.4, -0.2) is 11.5 Å². The van der Waals surface area contributed by atoms with Crippen LogP contribution in [0.5, 0.6) is 0 Å². The largest absolute Gasteiger partial charge is 0.300 e. The molecular formula is C13H18OS. The van der Waals surface area contributed by atoms with Gasteiger partial charge in [-0.15, -0.1) is 0 Å². The molecule has 0 bridgehead atoms. The quantitative estimate of drug-likeness (QED) is 0.686. The fourth-order valence-corrected chi connectivity index (χ4v) is 2.34.